The molecule has 0 amide bonds. The van der Waals surface area contributed by atoms with Crippen LogP contribution in [0.1, 0.15) is 12.6 Å². The van der Waals surface area contributed by atoms with Crippen LogP contribution in [0, 0.1) is 0 Å². The second kappa shape index (κ2) is 7.51. The Morgan fingerprint density at radius 3 is 2.69 bits per heavy atom. The minimum absolute atomic E-state index is 0.377. The van der Waals surface area contributed by atoms with E-state index in [0.717, 1.165) is 47.1 Å². The van der Waals surface area contributed by atoms with Crippen molar-refractivity contribution < 1.29 is 4.74 Å². The maximum Gasteiger partial charge on any atom is 0.164 e. The number of hydrogen-bond acceptors (Lipinski definition) is 6. The molecule has 0 aliphatic carbocycles. The minimum atomic E-state index is -1.12. The van der Waals surface area contributed by atoms with Gasteiger partial charge in [-0.15, -0.1) is 0 Å². The number of ether oxygens (including phenoxy) is 1. The van der Waals surface area contributed by atoms with E-state index >= 15 is 0 Å². The standard InChI is InChI=1S/C18H26N6OSi/c1-5-14-16-17(13-6-7-20-15(19)10-13)23-24(18(16)22-11-21-14)12-25-8-9-26(2,3)4/h6-7,10-11H,5,8-9,12H2,1-4H3,(H2,19,20). The molecular weight excluding hydrogens is 344 g/mol. The van der Waals surface area contributed by atoms with E-state index in [2.05, 4.69) is 41.5 Å². The number of aryl methyl sites for hydroxylation is 1. The quantitative estimate of drug-likeness (QED) is 0.506. The van der Waals surface area contributed by atoms with Crippen molar-refractivity contribution in [2.24, 2.45) is 0 Å². The number of anilines is 1. The number of hydrogen-bond donors (Lipinski definition) is 1. The zero-order valence-corrected chi connectivity index (χ0v) is 16.9. The Bertz CT molecular complexity index is 902. The molecule has 8 heteroatoms. The molecule has 3 aromatic rings. The van der Waals surface area contributed by atoms with E-state index in [4.69, 9.17) is 15.6 Å². The summed E-state index contributed by atoms with van der Waals surface area (Å²) in [6.45, 7) is 10.2. The van der Waals surface area contributed by atoms with Crippen LogP contribution < -0.4 is 5.73 Å². The van der Waals surface area contributed by atoms with Gasteiger partial charge in [-0.2, -0.15) is 5.10 Å². The van der Waals surface area contributed by atoms with Crippen LogP contribution in [0.5, 0.6) is 0 Å². The van der Waals surface area contributed by atoms with E-state index in [9.17, 15) is 0 Å². The van der Waals surface area contributed by atoms with Crippen molar-refractivity contribution in [1.29, 1.82) is 0 Å². The van der Waals surface area contributed by atoms with E-state index in [1.165, 1.54) is 0 Å². The van der Waals surface area contributed by atoms with Crippen LogP contribution in [-0.2, 0) is 17.9 Å². The first-order chi connectivity index (χ1) is 12.4. The Hall–Kier alpha value is -2.32. The maximum atomic E-state index is 5.89. The minimum Gasteiger partial charge on any atom is -0.384 e. The highest BCUT2D eigenvalue weighted by molar-refractivity contribution is 6.76. The molecule has 26 heavy (non-hydrogen) atoms. The summed E-state index contributed by atoms with van der Waals surface area (Å²) >= 11 is 0. The molecule has 0 saturated carbocycles. The average Bonchev–Trinajstić information content (AvgIpc) is 2.97. The number of nitrogens with two attached hydrogens (primary N) is 1. The largest absolute Gasteiger partial charge is 0.384 e. The Balaban J connectivity index is 1.97. The molecule has 3 aromatic heterocycles. The van der Waals surface area contributed by atoms with Crippen LogP contribution in [0.2, 0.25) is 25.7 Å². The zero-order valence-electron chi connectivity index (χ0n) is 15.9. The molecular formula is C18H26N6OSi. The van der Waals surface area contributed by atoms with Crippen LogP contribution in [-0.4, -0.2) is 39.4 Å². The summed E-state index contributed by atoms with van der Waals surface area (Å²) in [5.74, 6) is 0.464. The molecule has 0 unspecified atom stereocenters. The number of pyridine rings is 1. The smallest absolute Gasteiger partial charge is 0.164 e. The average molecular weight is 371 g/mol. The van der Waals surface area contributed by atoms with Crippen LogP contribution in [0.4, 0.5) is 5.82 Å². The summed E-state index contributed by atoms with van der Waals surface area (Å²) < 4.78 is 7.70. The van der Waals surface area contributed by atoms with E-state index in [-0.39, 0.29) is 0 Å². The van der Waals surface area contributed by atoms with Crippen molar-refractivity contribution >= 4 is 24.9 Å². The predicted molar refractivity (Wildman–Crippen MR) is 106 cm³/mol. The highest BCUT2D eigenvalue weighted by atomic mass is 28.3. The van der Waals surface area contributed by atoms with Gasteiger partial charge in [-0.25, -0.2) is 19.6 Å². The SMILES string of the molecule is CCc1ncnc2c1c(-c1ccnc(N)c1)nn2COCC[Si](C)(C)C. The molecule has 138 valence electrons. The third-order valence-electron chi connectivity index (χ3n) is 4.21. The van der Waals surface area contributed by atoms with Gasteiger partial charge in [-0.1, -0.05) is 26.6 Å². The van der Waals surface area contributed by atoms with Gasteiger partial charge in [0.1, 0.15) is 24.6 Å². The second-order valence-corrected chi connectivity index (χ2v) is 13.2. The summed E-state index contributed by atoms with van der Waals surface area (Å²) in [6.07, 6.45) is 4.08. The molecule has 0 bridgehead atoms. The van der Waals surface area contributed by atoms with Crippen molar-refractivity contribution in [1.82, 2.24) is 24.7 Å². The van der Waals surface area contributed by atoms with E-state index in [1.54, 1.807) is 12.5 Å². The second-order valence-electron chi connectivity index (χ2n) is 7.54. The third kappa shape index (κ3) is 4.08. The fraction of sp³-hybridized carbons (Fsp3) is 0.444. The Kier molecular flexibility index (Phi) is 5.33. The van der Waals surface area contributed by atoms with E-state index in [0.29, 0.717) is 12.5 Å². The highest BCUT2D eigenvalue weighted by Crippen LogP contribution is 2.29. The summed E-state index contributed by atoms with van der Waals surface area (Å²) in [6, 6.07) is 4.85. The molecule has 2 N–H and O–H groups in total. The van der Waals surface area contributed by atoms with Crippen LogP contribution in [0.3, 0.4) is 0 Å². The molecule has 3 rings (SSSR count). The van der Waals surface area contributed by atoms with Crippen LogP contribution in [0.25, 0.3) is 22.3 Å². The molecule has 7 nitrogen and oxygen atoms in total. The molecule has 0 radical (unpaired) electrons. The highest BCUT2D eigenvalue weighted by Gasteiger charge is 2.18. The van der Waals surface area contributed by atoms with Gasteiger partial charge in [-0.05, 0) is 24.6 Å². The summed E-state index contributed by atoms with van der Waals surface area (Å²) in [5, 5.41) is 5.71. The summed E-state index contributed by atoms with van der Waals surface area (Å²) in [7, 11) is -1.12. The van der Waals surface area contributed by atoms with Gasteiger partial charge in [0.15, 0.2) is 5.65 Å². The molecule has 3 heterocycles. The van der Waals surface area contributed by atoms with Crippen LogP contribution >= 0.6 is 0 Å². The van der Waals surface area contributed by atoms with Crippen molar-refractivity contribution in [3.8, 4) is 11.3 Å². The van der Waals surface area contributed by atoms with Gasteiger partial charge in [0.25, 0.3) is 0 Å². The van der Waals surface area contributed by atoms with Crippen molar-refractivity contribution in [2.75, 3.05) is 12.3 Å². The van der Waals surface area contributed by atoms with Crippen molar-refractivity contribution in [3.05, 3.63) is 30.4 Å². The lowest BCUT2D eigenvalue weighted by Crippen LogP contribution is -2.22. The van der Waals surface area contributed by atoms with Gasteiger partial charge in [0.2, 0.25) is 0 Å². The van der Waals surface area contributed by atoms with Gasteiger partial charge in [-0.3, -0.25) is 0 Å². The number of aromatic nitrogens is 5. The fourth-order valence-electron chi connectivity index (χ4n) is 2.75. The number of fused-ring (bicyclic) bond motifs is 1. The zero-order chi connectivity index (χ0) is 18.7. The number of rotatable bonds is 7. The van der Waals surface area contributed by atoms with Gasteiger partial charge >= 0.3 is 0 Å². The Morgan fingerprint density at radius 1 is 1.19 bits per heavy atom. The van der Waals surface area contributed by atoms with Gasteiger partial charge < -0.3 is 10.5 Å². The van der Waals surface area contributed by atoms with Crippen molar-refractivity contribution in [3.63, 3.8) is 0 Å². The molecule has 0 aliphatic rings. The molecule has 0 spiro atoms. The number of nitrogen functional groups attached to an aromatic ring is 1. The Morgan fingerprint density at radius 2 is 2.00 bits per heavy atom. The summed E-state index contributed by atoms with van der Waals surface area (Å²) in [4.78, 5) is 13.0. The molecule has 0 aromatic carbocycles. The van der Waals surface area contributed by atoms with Crippen LogP contribution in [0.15, 0.2) is 24.7 Å². The lowest BCUT2D eigenvalue weighted by molar-refractivity contribution is 0.0814. The van der Waals surface area contributed by atoms with E-state index in [1.807, 2.05) is 16.8 Å². The summed E-state index contributed by atoms with van der Waals surface area (Å²) in [5.41, 5.74) is 9.34. The molecule has 0 aliphatic heterocycles. The molecule has 0 fully saturated rings. The lowest BCUT2D eigenvalue weighted by Gasteiger charge is -2.15. The topological polar surface area (TPSA) is 91.7 Å². The first-order valence-electron chi connectivity index (χ1n) is 8.89. The van der Waals surface area contributed by atoms with Gasteiger partial charge in [0, 0.05) is 26.4 Å². The van der Waals surface area contributed by atoms with Gasteiger partial charge in [0.05, 0.1) is 11.1 Å². The third-order valence-corrected chi connectivity index (χ3v) is 5.91. The maximum absolute atomic E-state index is 5.89. The Labute approximate surface area is 154 Å². The normalized spacial score (nSPS) is 12.0. The first kappa shape index (κ1) is 18.5. The number of nitrogens with zero attached hydrogens (tertiary/aromatic N) is 5. The lowest BCUT2D eigenvalue weighted by atomic mass is 10.1. The monoisotopic (exact) mass is 370 g/mol. The molecule has 0 atom stereocenters. The first-order valence-corrected chi connectivity index (χ1v) is 12.6. The molecule has 0 saturated heterocycles. The fourth-order valence-corrected chi connectivity index (χ4v) is 3.51. The van der Waals surface area contributed by atoms with E-state index < -0.39 is 8.07 Å². The predicted octanol–water partition coefficient (Wildman–Crippen LogP) is 3.35. The van der Waals surface area contributed by atoms with Crippen molar-refractivity contribution in [2.45, 2.75) is 45.8 Å².